The number of piperazine rings is 1. The largest absolute Gasteiger partial charge is 0.339 e. The van der Waals surface area contributed by atoms with Gasteiger partial charge >= 0.3 is 0 Å². The molecule has 1 aliphatic rings. The zero-order chi connectivity index (χ0) is 12.0. The Hall–Kier alpha value is -0.260. The smallest absolute Gasteiger partial charge is 0.236 e. The van der Waals surface area contributed by atoms with Gasteiger partial charge in [0.15, 0.2) is 0 Å². The molecule has 0 saturated carbocycles. The summed E-state index contributed by atoms with van der Waals surface area (Å²) in [6.07, 6.45) is 2.10. The summed E-state index contributed by atoms with van der Waals surface area (Å²) in [5.74, 6) is 1.34. The third-order valence-electron chi connectivity index (χ3n) is 3.01. The second kappa shape index (κ2) is 7.14. The van der Waals surface area contributed by atoms with Crippen molar-refractivity contribution in [1.82, 2.24) is 15.1 Å². The summed E-state index contributed by atoms with van der Waals surface area (Å²) in [4.78, 5) is 16.1. The van der Waals surface area contributed by atoms with Crippen LogP contribution < -0.4 is 5.32 Å². The van der Waals surface area contributed by atoms with Gasteiger partial charge in [0.25, 0.3) is 0 Å². The first-order valence-corrected chi connectivity index (χ1v) is 7.22. The van der Waals surface area contributed by atoms with Gasteiger partial charge in [0.05, 0.1) is 6.54 Å². The van der Waals surface area contributed by atoms with E-state index in [4.69, 9.17) is 0 Å². The molecule has 0 aliphatic carbocycles. The number of likely N-dealkylation sites (N-methyl/N-ethyl adjacent to an activating group) is 1. The summed E-state index contributed by atoms with van der Waals surface area (Å²) in [6.45, 7) is 6.27. The molecule has 4 nitrogen and oxygen atoms in total. The molecule has 1 rings (SSSR count). The molecule has 1 amide bonds. The standard InChI is InChI=1S/C11H23N3OS/c1-10(9-16-3)13(2)8-11(15)14-6-4-12-5-7-14/h10,12H,4-9H2,1-3H3. The Morgan fingerprint density at radius 2 is 2.12 bits per heavy atom. The number of rotatable bonds is 5. The van der Waals surface area contributed by atoms with E-state index in [0.29, 0.717) is 12.6 Å². The number of hydrogen-bond acceptors (Lipinski definition) is 4. The van der Waals surface area contributed by atoms with Crippen LogP contribution in [-0.4, -0.2) is 73.5 Å². The van der Waals surface area contributed by atoms with Crippen molar-refractivity contribution in [2.45, 2.75) is 13.0 Å². The first kappa shape index (κ1) is 13.8. The van der Waals surface area contributed by atoms with Crippen molar-refractivity contribution < 1.29 is 4.79 Å². The molecule has 16 heavy (non-hydrogen) atoms. The lowest BCUT2D eigenvalue weighted by molar-refractivity contribution is -0.133. The van der Waals surface area contributed by atoms with Crippen LogP contribution in [0.15, 0.2) is 0 Å². The van der Waals surface area contributed by atoms with Gasteiger partial charge in [-0.1, -0.05) is 0 Å². The number of carbonyl (C=O) groups is 1. The molecule has 1 atom stereocenters. The fraction of sp³-hybridized carbons (Fsp3) is 0.909. The lowest BCUT2D eigenvalue weighted by Crippen LogP contribution is -2.50. The highest BCUT2D eigenvalue weighted by atomic mass is 32.2. The van der Waals surface area contributed by atoms with Crippen molar-refractivity contribution in [2.75, 3.05) is 51.8 Å². The quantitative estimate of drug-likeness (QED) is 0.745. The van der Waals surface area contributed by atoms with E-state index in [1.165, 1.54) is 0 Å². The van der Waals surface area contributed by atoms with Crippen molar-refractivity contribution in [2.24, 2.45) is 0 Å². The Kier molecular flexibility index (Phi) is 6.16. The molecular formula is C11H23N3OS. The minimum atomic E-state index is 0.261. The summed E-state index contributed by atoms with van der Waals surface area (Å²) < 4.78 is 0. The van der Waals surface area contributed by atoms with Crippen molar-refractivity contribution in [3.8, 4) is 0 Å². The van der Waals surface area contributed by atoms with Crippen LogP contribution in [0, 0.1) is 0 Å². The van der Waals surface area contributed by atoms with Crippen LogP contribution >= 0.6 is 11.8 Å². The Balaban J connectivity index is 2.31. The van der Waals surface area contributed by atoms with Crippen LogP contribution in [-0.2, 0) is 4.79 Å². The van der Waals surface area contributed by atoms with Crippen LogP contribution in [0.1, 0.15) is 6.92 Å². The molecule has 1 heterocycles. The summed E-state index contributed by atoms with van der Waals surface area (Å²) >= 11 is 1.82. The highest BCUT2D eigenvalue weighted by Gasteiger charge is 2.19. The number of hydrogen-bond donors (Lipinski definition) is 1. The Labute approximate surface area is 103 Å². The monoisotopic (exact) mass is 245 g/mol. The molecule has 1 unspecified atom stereocenters. The zero-order valence-corrected chi connectivity index (χ0v) is 11.3. The number of thioether (sulfide) groups is 1. The first-order chi connectivity index (χ1) is 7.65. The SMILES string of the molecule is CSCC(C)N(C)CC(=O)N1CCNCC1. The average Bonchev–Trinajstić information content (AvgIpc) is 2.30. The van der Waals surface area contributed by atoms with Gasteiger partial charge in [-0.3, -0.25) is 9.69 Å². The maximum Gasteiger partial charge on any atom is 0.236 e. The summed E-state index contributed by atoms with van der Waals surface area (Å²) in [5, 5.41) is 3.26. The van der Waals surface area contributed by atoms with Crippen LogP contribution in [0.3, 0.4) is 0 Å². The van der Waals surface area contributed by atoms with Crippen molar-refractivity contribution in [3.05, 3.63) is 0 Å². The number of nitrogens with one attached hydrogen (secondary N) is 1. The van der Waals surface area contributed by atoms with Gasteiger partial charge in [0.2, 0.25) is 5.91 Å². The van der Waals surface area contributed by atoms with Gasteiger partial charge < -0.3 is 10.2 Å². The van der Waals surface area contributed by atoms with E-state index >= 15 is 0 Å². The topological polar surface area (TPSA) is 35.6 Å². The van der Waals surface area contributed by atoms with E-state index in [2.05, 4.69) is 23.4 Å². The molecule has 0 bridgehead atoms. The Bertz CT molecular complexity index is 219. The Morgan fingerprint density at radius 1 is 1.50 bits per heavy atom. The van der Waals surface area contributed by atoms with Crippen LogP contribution in [0.25, 0.3) is 0 Å². The van der Waals surface area contributed by atoms with Crippen LogP contribution in [0.2, 0.25) is 0 Å². The molecule has 1 fully saturated rings. The predicted octanol–water partition coefficient (Wildman–Crippen LogP) is 0.102. The fourth-order valence-electron chi connectivity index (χ4n) is 1.75. The molecule has 0 aromatic rings. The van der Waals surface area contributed by atoms with Gasteiger partial charge in [-0.25, -0.2) is 0 Å². The molecule has 5 heteroatoms. The van der Waals surface area contributed by atoms with E-state index in [-0.39, 0.29) is 5.91 Å². The van der Waals surface area contributed by atoms with Gasteiger partial charge in [0, 0.05) is 38.0 Å². The molecule has 0 spiro atoms. The van der Waals surface area contributed by atoms with Crippen LogP contribution in [0.5, 0.6) is 0 Å². The number of carbonyl (C=O) groups excluding carboxylic acids is 1. The summed E-state index contributed by atoms with van der Waals surface area (Å²) in [7, 11) is 2.03. The van der Waals surface area contributed by atoms with Gasteiger partial charge in [-0.05, 0) is 20.2 Å². The molecule has 94 valence electrons. The van der Waals surface area contributed by atoms with Crippen molar-refractivity contribution >= 4 is 17.7 Å². The first-order valence-electron chi connectivity index (χ1n) is 5.83. The second-order valence-corrected chi connectivity index (χ2v) is 5.26. The fourth-order valence-corrected chi connectivity index (χ4v) is 2.49. The molecule has 1 aliphatic heterocycles. The van der Waals surface area contributed by atoms with E-state index in [0.717, 1.165) is 31.9 Å². The molecule has 0 aromatic heterocycles. The zero-order valence-electron chi connectivity index (χ0n) is 10.5. The van der Waals surface area contributed by atoms with Crippen molar-refractivity contribution in [1.29, 1.82) is 0 Å². The van der Waals surface area contributed by atoms with Gasteiger partial charge in [0.1, 0.15) is 0 Å². The van der Waals surface area contributed by atoms with Crippen LogP contribution in [0.4, 0.5) is 0 Å². The summed E-state index contributed by atoms with van der Waals surface area (Å²) in [5.41, 5.74) is 0. The molecule has 0 radical (unpaired) electrons. The number of amides is 1. The van der Waals surface area contributed by atoms with E-state index in [9.17, 15) is 4.79 Å². The van der Waals surface area contributed by atoms with Crippen molar-refractivity contribution in [3.63, 3.8) is 0 Å². The maximum atomic E-state index is 12.0. The van der Waals surface area contributed by atoms with E-state index < -0.39 is 0 Å². The lowest BCUT2D eigenvalue weighted by Gasteiger charge is -2.31. The minimum absolute atomic E-state index is 0.261. The van der Waals surface area contributed by atoms with E-state index in [1.54, 1.807) is 0 Å². The highest BCUT2D eigenvalue weighted by molar-refractivity contribution is 7.98. The van der Waals surface area contributed by atoms with Gasteiger partial charge in [-0.15, -0.1) is 0 Å². The normalized spacial score (nSPS) is 18.9. The second-order valence-electron chi connectivity index (χ2n) is 4.35. The Morgan fingerprint density at radius 3 is 2.69 bits per heavy atom. The highest BCUT2D eigenvalue weighted by Crippen LogP contribution is 2.04. The average molecular weight is 245 g/mol. The minimum Gasteiger partial charge on any atom is -0.339 e. The van der Waals surface area contributed by atoms with Gasteiger partial charge in [-0.2, -0.15) is 11.8 Å². The lowest BCUT2D eigenvalue weighted by atomic mass is 10.3. The third-order valence-corrected chi connectivity index (χ3v) is 3.83. The maximum absolute atomic E-state index is 12.0. The summed E-state index contributed by atoms with van der Waals surface area (Å²) in [6, 6.07) is 0.460. The third kappa shape index (κ3) is 4.31. The molecule has 1 saturated heterocycles. The van der Waals surface area contributed by atoms with E-state index in [1.807, 2.05) is 23.7 Å². The molecule has 1 N–H and O–H groups in total. The number of nitrogens with zero attached hydrogens (tertiary/aromatic N) is 2. The molecule has 0 aromatic carbocycles. The molecular weight excluding hydrogens is 222 g/mol. The predicted molar refractivity (Wildman–Crippen MR) is 69.9 cm³/mol.